The molecule has 3 aliphatic rings. The quantitative estimate of drug-likeness (QED) is 0.306. The number of unbranched alkanes of at least 4 members (excludes halogenated alkanes) is 2. The summed E-state index contributed by atoms with van der Waals surface area (Å²) >= 11 is 0. The van der Waals surface area contributed by atoms with Gasteiger partial charge >= 0.3 is 0 Å². The Kier molecular flexibility index (Phi) is 8.75. The first-order valence-electron chi connectivity index (χ1n) is 14.9. The average molecular weight is 580 g/mol. The molecule has 0 aromatic heterocycles. The van der Waals surface area contributed by atoms with Crippen LogP contribution in [0, 0.1) is 11.8 Å². The smallest absolute Gasteiger partial charge is 0.250 e. The van der Waals surface area contributed by atoms with Crippen molar-refractivity contribution in [3.05, 3.63) is 48.5 Å². The Morgan fingerprint density at radius 2 is 1.60 bits per heavy atom. The van der Waals surface area contributed by atoms with Gasteiger partial charge in [-0.15, -0.1) is 0 Å². The van der Waals surface area contributed by atoms with Gasteiger partial charge < -0.3 is 34.9 Å². The van der Waals surface area contributed by atoms with E-state index in [1.807, 2.05) is 13.8 Å². The molecule has 3 saturated heterocycles. The van der Waals surface area contributed by atoms with Crippen molar-refractivity contribution in [2.45, 2.75) is 69.6 Å². The molecule has 5 atom stereocenters. The van der Waals surface area contributed by atoms with Crippen molar-refractivity contribution in [3.63, 3.8) is 0 Å². The number of benzene rings is 2. The summed E-state index contributed by atoms with van der Waals surface area (Å²) in [5, 5.41) is 15.3. The number of carbonyl (C=O) groups is 3. The number of fused-ring (bicyclic) bond motifs is 1. The fourth-order valence-electron chi connectivity index (χ4n) is 7.13. The second-order valence-electron chi connectivity index (χ2n) is 11.3. The first kappa shape index (κ1) is 29.8. The Labute approximate surface area is 246 Å². The zero-order chi connectivity index (χ0) is 29.9. The number of carbonyl (C=O) groups excluding carboxylic acids is 3. The minimum Gasteiger partial charge on any atom is -0.497 e. The number of aliphatic hydroxyl groups excluding tert-OH is 1. The first-order valence-corrected chi connectivity index (χ1v) is 14.9. The third-order valence-corrected chi connectivity index (χ3v) is 9.06. The highest BCUT2D eigenvalue weighted by Crippen LogP contribution is 2.64. The van der Waals surface area contributed by atoms with Crippen LogP contribution in [0.1, 0.15) is 52.4 Å². The van der Waals surface area contributed by atoms with E-state index in [9.17, 15) is 19.5 Å². The molecule has 2 bridgehead atoms. The molecule has 226 valence electrons. The highest BCUT2D eigenvalue weighted by molar-refractivity contribution is 6.05. The minimum atomic E-state index is -1.11. The van der Waals surface area contributed by atoms with Crippen LogP contribution in [0.3, 0.4) is 0 Å². The van der Waals surface area contributed by atoms with Crippen molar-refractivity contribution in [1.29, 1.82) is 0 Å². The topological polar surface area (TPSA) is 126 Å². The molecular weight excluding hydrogens is 538 g/mol. The zero-order valence-electron chi connectivity index (χ0n) is 24.6. The van der Waals surface area contributed by atoms with Crippen LogP contribution in [-0.2, 0) is 19.1 Å². The Hall–Kier alpha value is -3.63. The molecule has 3 aliphatic heterocycles. The summed E-state index contributed by atoms with van der Waals surface area (Å²) in [6.07, 6.45) is 3.60. The van der Waals surface area contributed by atoms with Crippen molar-refractivity contribution >= 4 is 29.1 Å². The van der Waals surface area contributed by atoms with Crippen molar-refractivity contribution in [1.82, 2.24) is 4.90 Å². The number of aliphatic hydroxyl groups is 1. The molecule has 0 saturated carbocycles. The number of anilines is 2. The van der Waals surface area contributed by atoms with E-state index >= 15 is 0 Å². The van der Waals surface area contributed by atoms with Gasteiger partial charge in [0, 0.05) is 24.5 Å². The normalized spacial score (nSPS) is 27.6. The van der Waals surface area contributed by atoms with Crippen molar-refractivity contribution in [2.75, 3.05) is 37.5 Å². The van der Waals surface area contributed by atoms with E-state index in [0.29, 0.717) is 74.6 Å². The van der Waals surface area contributed by atoms with E-state index in [1.54, 1.807) is 60.5 Å². The van der Waals surface area contributed by atoms with Crippen LogP contribution in [0.2, 0.25) is 0 Å². The monoisotopic (exact) mass is 579 g/mol. The lowest BCUT2D eigenvalue weighted by Crippen LogP contribution is -2.53. The largest absolute Gasteiger partial charge is 0.497 e. The predicted molar refractivity (Wildman–Crippen MR) is 157 cm³/mol. The van der Waals surface area contributed by atoms with Crippen LogP contribution in [0.25, 0.3) is 0 Å². The maximum absolute atomic E-state index is 14.2. The number of ether oxygens (including phenoxy) is 3. The summed E-state index contributed by atoms with van der Waals surface area (Å²) in [7, 11) is 1.58. The third-order valence-electron chi connectivity index (χ3n) is 9.06. The number of rotatable bonds is 13. The maximum Gasteiger partial charge on any atom is 0.250 e. The first-order chi connectivity index (χ1) is 20.3. The molecule has 10 nitrogen and oxygen atoms in total. The fraction of sp³-hybridized carbons (Fsp3) is 0.531. The molecule has 10 heteroatoms. The van der Waals surface area contributed by atoms with Gasteiger partial charge in [-0.25, -0.2) is 0 Å². The summed E-state index contributed by atoms with van der Waals surface area (Å²) in [5.41, 5.74) is -0.763. The molecule has 3 fully saturated rings. The second kappa shape index (κ2) is 12.3. The van der Waals surface area contributed by atoms with Gasteiger partial charge in [0.1, 0.15) is 23.1 Å². The Bertz CT molecular complexity index is 1280. The molecule has 1 spiro atoms. The number of hydrogen-bond acceptors (Lipinski definition) is 7. The molecule has 0 aliphatic carbocycles. The Balaban J connectivity index is 1.45. The molecule has 2 aromatic carbocycles. The van der Waals surface area contributed by atoms with E-state index in [4.69, 9.17) is 14.2 Å². The summed E-state index contributed by atoms with van der Waals surface area (Å²) in [6.45, 7) is 4.83. The van der Waals surface area contributed by atoms with Gasteiger partial charge in [0.2, 0.25) is 17.7 Å². The number of methoxy groups -OCH3 is 1. The number of nitrogens with one attached hydrogen (secondary N) is 2. The van der Waals surface area contributed by atoms with Gasteiger partial charge in [-0.2, -0.15) is 0 Å². The van der Waals surface area contributed by atoms with Gasteiger partial charge in [0.05, 0.1) is 31.2 Å². The van der Waals surface area contributed by atoms with E-state index in [1.165, 1.54) is 0 Å². The number of hydrogen-bond donors (Lipinski definition) is 3. The zero-order valence-corrected chi connectivity index (χ0v) is 24.6. The lowest BCUT2D eigenvalue weighted by molar-refractivity contribution is -0.144. The molecular formula is C32H41N3O7. The van der Waals surface area contributed by atoms with E-state index in [2.05, 4.69) is 10.6 Å². The van der Waals surface area contributed by atoms with Crippen molar-refractivity contribution in [2.24, 2.45) is 11.8 Å². The number of likely N-dealkylation sites (tertiary alicyclic amines) is 1. The fourth-order valence-corrected chi connectivity index (χ4v) is 7.13. The molecule has 3 N–H and O–H groups in total. The Morgan fingerprint density at radius 3 is 2.19 bits per heavy atom. The summed E-state index contributed by atoms with van der Waals surface area (Å²) in [4.78, 5) is 43.8. The number of amides is 3. The highest BCUT2D eigenvalue weighted by Gasteiger charge is 2.78. The standard InChI is InChI=1S/C32H41N3O7/c1-4-31-17-18-32(42-31)26(25(31)28(37)33-21-11-15-24(16-12-21)41-5-2)30(39)35(19-7-6-8-20-36)27(32)29(38)34-22-9-13-23(40-3)14-10-22/h9-16,25-27,36H,4-8,17-20H2,1-3H3,(H,33,37)(H,34,38)/t25-,26+,27?,31+,32?/m1/s1. The van der Waals surface area contributed by atoms with Crippen molar-refractivity contribution in [3.8, 4) is 11.5 Å². The highest BCUT2D eigenvalue weighted by atomic mass is 16.5. The van der Waals surface area contributed by atoms with Gasteiger partial charge in [0.15, 0.2) is 0 Å². The molecule has 2 unspecified atom stereocenters. The molecule has 5 rings (SSSR count). The Morgan fingerprint density at radius 1 is 0.952 bits per heavy atom. The number of nitrogens with zero attached hydrogens (tertiary/aromatic N) is 1. The van der Waals surface area contributed by atoms with Gasteiger partial charge in [-0.05, 0) is 94.0 Å². The third kappa shape index (κ3) is 5.22. The molecule has 42 heavy (non-hydrogen) atoms. The van der Waals surface area contributed by atoms with Crippen LogP contribution < -0.4 is 20.1 Å². The predicted octanol–water partition coefficient (Wildman–Crippen LogP) is 3.99. The molecule has 0 radical (unpaired) electrons. The van der Waals surface area contributed by atoms with Crippen LogP contribution in [0.5, 0.6) is 11.5 Å². The minimum absolute atomic E-state index is 0.0673. The van der Waals surface area contributed by atoms with Gasteiger partial charge in [-0.3, -0.25) is 14.4 Å². The van der Waals surface area contributed by atoms with Crippen LogP contribution in [-0.4, -0.2) is 71.8 Å². The van der Waals surface area contributed by atoms with Gasteiger partial charge in [-0.1, -0.05) is 6.92 Å². The van der Waals surface area contributed by atoms with E-state index in [-0.39, 0.29) is 24.3 Å². The van der Waals surface area contributed by atoms with Crippen LogP contribution in [0.15, 0.2) is 48.5 Å². The molecule has 3 amide bonds. The van der Waals surface area contributed by atoms with Crippen LogP contribution in [0.4, 0.5) is 11.4 Å². The van der Waals surface area contributed by atoms with Crippen molar-refractivity contribution < 1.29 is 33.7 Å². The van der Waals surface area contributed by atoms with E-state index < -0.39 is 29.1 Å². The lowest BCUT2D eigenvalue weighted by Gasteiger charge is -2.34. The lowest BCUT2D eigenvalue weighted by atomic mass is 9.65. The summed E-state index contributed by atoms with van der Waals surface area (Å²) in [5.74, 6) is -0.994. The summed E-state index contributed by atoms with van der Waals surface area (Å²) in [6, 6.07) is 13.3. The van der Waals surface area contributed by atoms with Gasteiger partial charge in [0.25, 0.3) is 0 Å². The van der Waals surface area contributed by atoms with E-state index in [0.717, 1.165) is 0 Å². The average Bonchev–Trinajstić information content (AvgIpc) is 3.60. The second-order valence-corrected chi connectivity index (χ2v) is 11.3. The molecule has 2 aromatic rings. The van der Waals surface area contributed by atoms with Crippen LogP contribution >= 0.6 is 0 Å². The SMILES string of the molecule is CCOc1ccc(NC(=O)[C@H]2[C@H]3C(=O)N(CCCCCO)C(C(=O)Nc4ccc(OC)cc4)C34CC[C@]2(CC)O4)cc1. The maximum atomic E-state index is 14.2. The molecule has 3 heterocycles. The summed E-state index contributed by atoms with van der Waals surface area (Å²) < 4.78 is 17.6.